The summed E-state index contributed by atoms with van der Waals surface area (Å²) in [4.78, 5) is 25.0. The normalized spacial score (nSPS) is 20.0. The summed E-state index contributed by atoms with van der Waals surface area (Å²) in [6, 6.07) is 4.87. The number of ether oxygens (including phenoxy) is 1. The summed E-state index contributed by atoms with van der Waals surface area (Å²) in [5.41, 5.74) is 0.418. The van der Waals surface area contributed by atoms with Gasteiger partial charge in [0.25, 0.3) is 0 Å². The van der Waals surface area contributed by atoms with E-state index in [0.717, 1.165) is 56.6 Å². The predicted molar refractivity (Wildman–Crippen MR) is 141 cm³/mol. The van der Waals surface area contributed by atoms with E-state index in [-0.39, 0.29) is 18.1 Å². The van der Waals surface area contributed by atoms with Crippen LogP contribution in [-0.2, 0) is 11.2 Å². The Hall–Kier alpha value is -2.41. The molecule has 1 aromatic heterocycles. The van der Waals surface area contributed by atoms with Gasteiger partial charge in [-0.1, -0.05) is 31.5 Å². The van der Waals surface area contributed by atoms with E-state index in [1.54, 1.807) is 36.5 Å². The first-order valence-electron chi connectivity index (χ1n) is 13.2. The number of hydrogen-bond donors (Lipinski definition) is 0. The molecule has 196 valence electrons. The van der Waals surface area contributed by atoms with Gasteiger partial charge < -0.3 is 14.5 Å². The maximum Gasteiger partial charge on any atom is 0.226 e. The number of halogens is 2. The maximum atomic E-state index is 14.6. The van der Waals surface area contributed by atoms with Gasteiger partial charge in [0.15, 0.2) is 0 Å². The van der Waals surface area contributed by atoms with Crippen molar-refractivity contribution in [2.24, 2.45) is 23.7 Å². The van der Waals surface area contributed by atoms with Gasteiger partial charge in [0, 0.05) is 32.7 Å². The van der Waals surface area contributed by atoms with Crippen molar-refractivity contribution in [1.82, 2.24) is 14.9 Å². The van der Waals surface area contributed by atoms with Crippen LogP contribution in [0.2, 0.25) is 5.02 Å². The second kappa shape index (κ2) is 12.2. The van der Waals surface area contributed by atoms with E-state index in [0.29, 0.717) is 41.3 Å². The second-order valence-electron chi connectivity index (χ2n) is 10.8. The first-order valence-corrected chi connectivity index (χ1v) is 13.6. The van der Waals surface area contributed by atoms with E-state index in [4.69, 9.17) is 16.3 Å². The van der Waals surface area contributed by atoms with Gasteiger partial charge >= 0.3 is 0 Å². The highest BCUT2D eigenvalue weighted by Crippen LogP contribution is 2.49. The largest absolute Gasteiger partial charge is 0.493 e. The number of benzene rings is 1. The van der Waals surface area contributed by atoms with Crippen LogP contribution in [0.15, 0.2) is 30.6 Å². The smallest absolute Gasteiger partial charge is 0.226 e. The Bertz CT molecular complexity index is 1010. The van der Waals surface area contributed by atoms with Crippen LogP contribution >= 0.6 is 11.6 Å². The Morgan fingerprint density at radius 3 is 2.64 bits per heavy atom. The number of rotatable bonds is 11. The summed E-state index contributed by atoms with van der Waals surface area (Å²) in [5.74, 6) is 3.59. The zero-order valence-corrected chi connectivity index (χ0v) is 22.4. The molecule has 2 unspecified atom stereocenters. The summed E-state index contributed by atoms with van der Waals surface area (Å²) in [6.07, 6.45) is 8.89. The Kier molecular flexibility index (Phi) is 9.04. The first-order chi connectivity index (χ1) is 17.3. The third-order valence-corrected chi connectivity index (χ3v) is 7.80. The highest BCUT2D eigenvalue weighted by molar-refractivity contribution is 6.30. The lowest BCUT2D eigenvalue weighted by Gasteiger charge is -2.32. The van der Waals surface area contributed by atoms with Crippen LogP contribution in [0.5, 0.6) is 5.75 Å². The Morgan fingerprint density at radius 2 is 1.97 bits per heavy atom. The lowest BCUT2D eigenvalue weighted by atomic mass is 9.90. The summed E-state index contributed by atoms with van der Waals surface area (Å²) >= 11 is 5.89. The van der Waals surface area contributed by atoms with Crippen molar-refractivity contribution in [2.75, 3.05) is 38.2 Å². The van der Waals surface area contributed by atoms with Crippen LogP contribution in [0.4, 0.5) is 10.3 Å². The van der Waals surface area contributed by atoms with Gasteiger partial charge in [-0.3, -0.25) is 4.79 Å². The molecule has 6 nitrogen and oxygen atoms in total. The molecule has 2 atom stereocenters. The van der Waals surface area contributed by atoms with E-state index < -0.39 is 0 Å². The van der Waals surface area contributed by atoms with Crippen molar-refractivity contribution in [3.8, 4) is 5.75 Å². The standard InChI is InChI=1S/C28H38ClFN4O2/c1-19(2)6-10-33(3)27(35)15-22-4-5-24(16-26(22)30)36-13-9-21-14-25(21)20-7-11-34(12-8-20)28-31-17-23(29)18-32-28/h4-5,16-21,25H,6-15H2,1-3H3. The van der Waals surface area contributed by atoms with Gasteiger partial charge in [0.1, 0.15) is 11.6 Å². The van der Waals surface area contributed by atoms with Gasteiger partial charge in [-0.15, -0.1) is 0 Å². The molecule has 1 aliphatic carbocycles. The maximum absolute atomic E-state index is 14.6. The number of carbonyl (C=O) groups excluding carboxylic acids is 1. The average molecular weight is 517 g/mol. The molecular formula is C28H38ClFN4O2. The molecule has 36 heavy (non-hydrogen) atoms. The molecule has 2 aliphatic rings. The molecule has 1 aromatic carbocycles. The summed E-state index contributed by atoms with van der Waals surface area (Å²) in [6.45, 7) is 7.50. The van der Waals surface area contributed by atoms with E-state index in [9.17, 15) is 9.18 Å². The molecular weight excluding hydrogens is 479 g/mol. The molecule has 1 saturated heterocycles. The van der Waals surface area contributed by atoms with Crippen LogP contribution < -0.4 is 9.64 Å². The molecule has 1 saturated carbocycles. The third kappa shape index (κ3) is 7.31. The van der Waals surface area contributed by atoms with E-state index >= 15 is 0 Å². The van der Waals surface area contributed by atoms with Crippen molar-refractivity contribution in [3.63, 3.8) is 0 Å². The Balaban J connectivity index is 1.15. The number of amides is 1. The molecule has 1 amide bonds. The number of aromatic nitrogens is 2. The van der Waals surface area contributed by atoms with Crippen molar-refractivity contribution >= 4 is 23.5 Å². The molecule has 0 spiro atoms. The van der Waals surface area contributed by atoms with Crippen molar-refractivity contribution in [1.29, 1.82) is 0 Å². The molecule has 0 N–H and O–H groups in total. The lowest BCUT2D eigenvalue weighted by molar-refractivity contribution is -0.129. The van der Waals surface area contributed by atoms with Crippen LogP contribution in [-0.4, -0.2) is 54.1 Å². The van der Waals surface area contributed by atoms with Gasteiger partial charge in [0.2, 0.25) is 11.9 Å². The van der Waals surface area contributed by atoms with E-state index in [1.807, 2.05) is 0 Å². The number of anilines is 1. The number of hydrogen-bond acceptors (Lipinski definition) is 5. The van der Waals surface area contributed by atoms with Crippen molar-refractivity contribution in [3.05, 3.63) is 47.0 Å². The predicted octanol–water partition coefficient (Wildman–Crippen LogP) is 5.64. The fourth-order valence-electron chi connectivity index (χ4n) is 5.14. The number of carbonyl (C=O) groups is 1. The zero-order chi connectivity index (χ0) is 25.7. The second-order valence-corrected chi connectivity index (χ2v) is 11.2. The van der Waals surface area contributed by atoms with E-state index in [1.165, 1.54) is 12.5 Å². The fourth-order valence-corrected chi connectivity index (χ4v) is 5.24. The van der Waals surface area contributed by atoms with Crippen molar-refractivity contribution in [2.45, 2.75) is 52.4 Å². The third-order valence-electron chi connectivity index (χ3n) is 7.60. The molecule has 8 heteroatoms. The molecule has 2 fully saturated rings. The van der Waals surface area contributed by atoms with Gasteiger partial charge in [-0.2, -0.15) is 0 Å². The highest BCUT2D eigenvalue weighted by atomic mass is 35.5. The first kappa shape index (κ1) is 26.6. The van der Waals surface area contributed by atoms with Crippen LogP contribution in [0, 0.1) is 29.5 Å². The topological polar surface area (TPSA) is 58.6 Å². The lowest BCUT2D eigenvalue weighted by Crippen LogP contribution is -2.35. The molecule has 1 aliphatic heterocycles. The van der Waals surface area contributed by atoms with Crippen LogP contribution in [0.1, 0.15) is 51.5 Å². The fraction of sp³-hybridized carbons (Fsp3) is 0.607. The number of likely N-dealkylation sites (N-methyl/N-ethyl adjacent to an activating group) is 1. The number of piperidine rings is 1. The molecule has 0 radical (unpaired) electrons. The monoisotopic (exact) mass is 516 g/mol. The molecule has 2 aromatic rings. The minimum Gasteiger partial charge on any atom is -0.493 e. The van der Waals surface area contributed by atoms with Crippen molar-refractivity contribution < 1.29 is 13.9 Å². The summed E-state index contributed by atoms with van der Waals surface area (Å²) < 4.78 is 20.5. The highest BCUT2D eigenvalue weighted by Gasteiger charge is 2.43. The summed E-state index contributed by atoms with van der Waals surface area (Å²) in [5, 5.41) is 0.561. The average Bonchev–Trinajstić information content (AvgIpc) is 3.64. The minimum absolute atomic E-state index is 0.0606. The van der Waals surface area contributed by atoms with Gasteiger partial charge in [0.05, 0.1) is 30.4 Å². The van der Waals surface area contributed by atoms with Crippen LogP contribution in [0.3, 0.4) is 0 Å². The molecule has 0 bridgehead atoms. The molecule has 4 rings (SSSR count). The van der Waals surface area contributed by atoms with Gasteiger partial charge in [-0.05, 0) is 67.4 Å². The summed E-state index contributed by atoms with van der Waals surface area (Å²) in [7, 11) is 1.78. The van der Waals surface area contributed by atoms with Gasteiger partial charge in [-0.25, -0.2) is 14.4 Å². The van der Waals surface area contributed by atoms with E-state index in [2.05, 4.69) is 28.7 Å². The number of nitrogens with zero attached hydrogens (tertiary/aromatic N) is 4. The minimum atomic E-state index is -0.376. The SMILES string of the molecule is CC(C)CCN(C)C(=O)Cc1ccc(OCCC2CC2C2CCN(c3ncc(Cl)cn3)CC2)cc1F. The zero-order valence-electron chi connectivity index (χ0n) is 21.6. The van der Waals surface area contributed by atoms with Crippen LogP contribution in [0.25, 0.3) is 0 Å². The molecule has 2 heterocycles. The Morgan fingerprint density at radius 1 is 1.25 bits per heavy atom. The quantitative estimate of drug-likeness (QED) is 0.387. The Labute approximate surface area is 219 Å².